The van der Waals surface area contributed by atoms with Crippen LogP contribution >= 0.6 is 0 Å². The first-order valence-corrected chi connectivity index (χ1v) is 6.17. The molecule has 0 aromatic carbocycles. The zero-order valence-corrected chi connectivity index (χ0v) is 9.50. The largest absolute Gasteiger partial charge is 0.379 e. The standard InChI is InChI=1S/C12H21NO2/c1-2-6-13-11-8-15-7-10(11)12(14)9-4-3-5-9/h9-11,13H,2-8H2,1H3. The minimum atomic E-state index is 0.127. The van der Waals surface area contributed by atoms with Gasteiger partial charge in [0.1, 0.15) is 5.78 Å². The van der Waals surface area contributed by atoms with Crippen LogP contribution in [0.1, 0.15) is 32.6 Å². The van der Waals surface area contributed by atoms with Gasteiger partial charge in [-0.25, -0.2) is 0 Å². The van der Waals surface area contributed by atoms with Crippen LogP contribution in [0.3, 0.4) is 0 Å². The Morgan fingerprint density at radius 1 is 1.40 bits per heavy atom. The zero-order chi connectivity index (χ0) is 10.7. The predicted octanol–water partition coefficient (Wildman–Crippen LogP) is 1.37. The second kappa shape index (κ2) is 5.08. The molecule has 3 nitrogen and oxygen atoms in total. The van der Waals surface area contributed by atoms with Crippen molar-refractivity contribution in [1.82, 2.24) is 5.32 Å². The number of hydrogen-bond donors (Lipinski definition) is 1. The lowest BCUT2D eigenvalue weighted by molar-refractivity contribution is -0.129. The van der Waals surface area contributed by atoms with Crippen LogP contribution < -0.4 is 5.32 Å². The van der Waals surface area contributed by atoms with E-state index in [1.165, 1.54) is 6.42 Å². The maximum absolute atomic E-state index is 12.1. The summed E-state index contributed by atoms with van der Waals surface area (Å²) in [4.78, 5) is 12.1. The third kappa shape index (κ3) is 2.40. The maximum Gasteiger partial charge on any atom is 0.142 e. The summed E-state index contributed by atoms with van der Waals surface area (Å²) in [5, 5.41) is 3.42. The van der Waals surface area contributed by atoms with Crippen molar-refractivity contribution in [3.8, 4) is 0 Å². The third-order valence-electron chi connectivity index (χ3n) is 3.61. The SMILES string of the molecule is CCCNC1COCC1C(=O)C1CCC1. The Labute approximate surface area is 91.6 Å². The number of ether oxygens (including phenoxy) is 1. The van der Waals surface area contributed by atoms with Crippen LogP contribution in [0, 0.1) is 11.8 Å². The van der Waals surface area contributed by atoms with Crippen molar-refractivity contribution in [2.75, 3.05) is 19.8 Å². The Bertz CT molecular complexity index is 226. The van der Waals surface area contributed by atoms with Gasteiger partial charge in [0.2, 0.25) is 0 Å². The quantitative estimate of drug-likeness (QED) is 0.746. The van der Waals surface area contributed by atoms with E-state index in [1.807, 2.05) is 0 Å². The summed E-state index contributed by atoms with van der Waals surface area (Å²) in [5.41, 5.74) is 0. The highest BCUT2D eigenvalue weighted by Gasteiger charge is 2.38. The Hall–Kier alpha value is -0.410. The minimum absolute atomic E-state index is 0.127. The van der Waals surface area contributed by atoms with Crippen molar-refractivity contribution in [2.45, 2.75) is 38.6 Å². The monoisotopic (exact) mass is 211 g/mol. The van der Waals surface area contributed by atoms with Crippen LogP contribution in [-0.2, 0) is 9.53 Å². The van der Waals surface area contributed by atoms with Gasteiger partial charge in [-0.1, -0.05) is 13.3 Å². The molecule has 86 valence electrons. The Kier molecular flexibility index (Phi) is 3.76. The summed E-state index contributed by atoms with van der Waals surface area (Å²) in [5.74, 6) is 0.928. The molecule has 1 saturated heterocycles. The molecule has 1 N–H and O–H groups in total. The van der Waals surface area contributed by atoms with Gasteiger partial charge in [0.05, 0.1) is 19.1 Å². The van der Waals surface area contributed by atoms with Gasteiger partial charge in [0, 0.05) is 12.0 Å². The summed E-state index contributed by atoms with van der Waals surface area (Å²) < 4.78 is 5.42. The van der Waals surface area contributed by atoms with Gasteiger partial charge in [0.25, 0.3) is 0 Å². The lowest BCUT2D eigenvalue weighted by Gasteiger charge is -2.28. The highest BCUT2D eigenvalue weighted by atomic mass is 16.5. The van der Waals surface area contributed by atoms with Gasteiger partial charge in [-0.15, -0.1) is 0 Å². The average Bonchev–Trinajstić information content (AvgIpc) is 2.59. The van der Waals surface area contributed by atoms with Crippen LogP contribution in [-0.4, -0.2) is 31.6 Å². The lowest BCUT2D eigenvalue weighted by atomic mass is 9.77. The van der Waals surface area contributed by atoms with Gasteiger partial charge in [-0.2, -0.15) is 0 Å². The molecule has 0 spiro atoms. The summed E-state index contributed by atoms with van der Waals surface area (Å²) in [6.07, 6.45) is 4.56. The zero-order valence-electron chi connectivity index (χ0n) is 9.50. The van der Waals surface area contributed by atoms with Crippen molar-refractivity contribution in [2.24, 2.45) is 11.8 Å². The van der Waals surface area contributed by atoms with Crippen molar-refractivity contribution in [3.63, 3.8) is 0 Å². The van der Waals surface area contributed by atoms with E-state index >= 15 is 0 Å². The summed E-state index contributed by atoms with van der Waals surface area (Å²) in [7, 11) is 0. The molecular formula is C12H21NO2. The van der Waals surface area contributed by atoms with Gasteiger partial charge in [-0.05, 0) is 25.8 Å². The number of carbonyl (C=O) groups is 1. The van der Waals surface area contributed by atoms with E-state index in [1.54, 1.807) is 0 Å². The number of Topliss-reactive ketones (excluding diaryl/α,β-unsaturated/α-hetero) is 1. The Morgan fingerprint density at radius 2 is 2.20 bits per heavy atom. The first kappa shape index (κ1) is 11.1. The Balaban J connectivity index is 1.85. The van der Waals surface area contributed by atoms with Crippen molar-refractivity contribution in [3.05, 3.63) is 0 Å². The molecule has 0 aromatic heterocycles. The number of rotatable bonds is 5. The molecule has 0 amide bonds. The normalized spacial score (nSPS) is 31.5. The molecular weight excluding hydrogens is 190 g/mol. The fraction of sp³-hybridized carbons (Fsp3) is 0.917. The van der Waals surface area contributed by atoms with Crippen LogP contribution in [0.2, 0.25) is 0 Å². The molecule has 0 radical (unpaired) electrons. The predicted molar refractivity (Wildman–Crippen MR) is 58.7 cm³/mol. The molecule has 3 heteroatoms. The van der Waals surface area contributed by atoms with Crippen molar-refractivity contribution in [1.29, 1.82) is 0 Å². The van der Waals surface area contributed by atoms with E-state index < -0.39 is 0 Å². The van der Waals surface area contributed by atoms with Crippen molar-refractivity contribution < 1.29 is 9.53 Å². The topological polar surface area (TPSA) is 38.3 Å². The average molecular weight is 211 g/mol. The molecule has 2 rings (SSSR count). The highest BCUT2D eigenvalue weighted by molar-refractivity contribution is 5.85. The number of ketones is 1. The van der Waals surface area contributed by atoms with E-state index in [0.29, 0.717) is 24.9 Å². The first-order valence-electron chi connectivity index (χ1n) is 6.17. The first-order chi connectivity index (χ1) is 7.33. The Morgan fingerprint density at radius 3 is 2.80 bits per heavy atom. The van der Waals surface area contributed by atoms with E-state index in [9.17, 15) is 4.79 Å². The van der Waals surface area contributed by atoms with Crippen LogP contribution in [0.15, 0.2) is 0 Å². The van der Waals surface area contributed by atoms with Gasteiger partial charge in [-0.3, -0.25) is 4.79 Å². The molecule has 2 aliphatic rings. The molecule has 2 fully saturated rings. The smallest absolute Gasteiger partial charge is 0.142 e. The van der Waals surface area contributed by atoms with Gasteiger partial charge in [0.15, 0.2) is 0 Å². The van der Waals surface area contributed by atoms with E-state index in [4.69, 9.17) is 4.74 Å². The van der Waals surface area contributed by atoms with E-state index in [0.717, 1.165) is 25.8 Å². The highest BCUT2D eigenvalue weighted by Crippen LogP contribution is 2.31. The minimum Gasteiger partial charge on any atom is -0.379 e. The third-order valence-corrected chi connectivity index (χ3v) is 3.61. The van der Waals surface area contributed by atoms with E-state index in [2.05, 4.69) is 12.2 Å². The molecule has 1 aliphatic heterocycles. The molecule has 15 heavy (non-hydrogen) atoms. The number of nitrogens with one attached hydrogen (secondary N) is 1. The van der Waals surface area contributed by atoms with Crippen LogP contribution in [0.25, 0.3) is 0 Å². The number of carbonyl (C=O) groups excluding carboxylic acids is 1. The number of hydrogen-bond acceptors (Lipinski definition) is 3. The molecule has 2 unspecified atom stereocenters. The summed E-state index contributed by atoms with van der Waals surface area (Å²) >= 11 is 0. The fourth-order valence-corrected chi connectivity index (χ4v) is 2.36. The maximum atomic E-state index is 12.1. The second-order valence-corrected chi connectivity index (χ2v) is 4.73. The van der Waals surface area contributed by atoms with Crippen molar-refractivity contribution >= 4 is 5.78 Å². The van der Waals surface area contributed by atoms with Crippen LogP contribution in [0.4, 0.5) is 0 Å². The van der Waals surface area contributed by atoms with Gasteiger partial charge < -0.3 is 10.1 Å². The van der Waals surface area contributed by atoms with Gasteiger partial charge >= 0.3 is 0 Å². The molecule has 1 saturated carbocycles. The molecule has 1 heterocycles. The molecule has 1 aliphatic carbocycles. The summed E-state index contributed by atoms with van der Waals surface area (Å²) in [6, 6.07) is 0.276. The lowest BCUT2D eigenvalue weighted by Crippen LogP contribution is -2.42. The molecule has 0 aromatic rings. The molecule has 0 bridgehead atoms. The van der Waals surface area contributed by atoms with E-state index in [-0.39, 0.29) is 12.0 Å². The van der Waals surface area contributed by atoms with Crippen LogP contribution in [0.5, 0.6) is 0 Å². The summed E-state index contributed by atoms with van der Waals surface area (Å²) in [6.45, 7) is 4.48. The molecule has 2 atom stereocenters. The second-order valence-electron chi connectivity index (χ2n) is 4.73. The fourth-order valence-electron chi connectivity index (χ4n) is 2.36.